The van der Waals surface area contributed by atoms with E-state index in [0.29, 0.717) is 24.8 Å². The molecule has 2 aliphatic rings. The van der Waals surface area contributed by atoms with E-state index in [2.05, 4.69) is 15.5 Å². The van der Waals surface area contributed by atoms with Crippen LogP contribution in [0.4, 0.5) is 10.5 Å². The molecule has 128 valence electrons. The normalized spacial score (nSPS) is 18.8. The van der Waals surface area contributed by atoms with Crippen LogP contribution < -0.4 is 16.0 Å². The zero-order valence-corrected chi connectivity index (χ0v) is 14.2. The molecule has 8 heteroatoms. The van der Waals surface area contributed by atoms with Gasteiger partial charge in [0.05, 0.1) is 5.54 Å². The molecule has 2 amide bonds. The first-order valence-corrected chi connectivity index (χ1v) is 7.87. The third kappa shape index (κ3) is 2.53. The number of nitrogens with zero attached hydrogens (tertiary/aromatic N) is 3. The first-order valence-electron chi connectivity index (χ1n) is 7.87. The van der Waals surface area contributed by atoms with E-state index in [0.717, 1.165) is 36.1 Å². The summed E-state index contributed by atoms with van der Waals surface area (Å²) in [5.41, 5.74) is 8.46. The predicted octanol–water partition coefficient (Wildman–Crippen LogP) is 2.33. The summed E-state index contributed by atoms with van der Waals surface area (Å²) >= 11 is 0. The Kier molecular flexibility index (Phi) is 4.23. The number of aromatic nitrogens is 2. The van der Waals surface area contributed by atoms with Gasteiger partial charge in [0.1, 0.15) is 0 Å². The van der Waals surface area contributed by atoms with Crippen molar-refractivity contribution in [2.75, 3.05) is 18.0 Å². The van der Waals surface area contributed by atoms with Gasteiger partial charge < -0.3 is 15.6 Å². The maximum absolute atomic E-state index is 11.9. The van der Waals surface area contributed by atoms with Gasteiger partial charge in [0, 0.05) is 24.3 Å². The number of hydrogen-bond acceptors (Lipinski definition) is 5. The number of hydrogen-bond donors (Lipinski definition) is 2. The number of amides is 2. The Bertz CT molecular complexity index is 772. The molecular weight excluding hydrogens is 330 g/mol. The molecule has 2 aromatic rings. The second kappa shape index (κ2) is 6.07. The summed E-state index contributed by atoms with van der Waals surface area (Å²) in [4.78, 5) is 18.1. The maximum atomic E-state index is 11.9. The summed E-state index contributed by atoms with van der Waals surface area (Å²) in [5.74, 6) is 1.03. The highest BCUT2D eigenvalue weighted by atomic mass is 35.5. The van der Waals surface area contributed by atoms with Crippen molar-refractivity contribution >= 4 is 24.1 Å². The number of rotatable bonds is 3. The molecular formula is C16H20ClN5O2. The van der Waals surface area contributed by atoms with Crippen LogP contribution in [-0.4, -0.2) is 29.3 Å². The number of halogens is 1. The molecule has 0 spiro atoms. The summed E-state index contributed by atoms with van der Waals surface area (Å²) in [6, 6.07) is 5.67. The van der Waals surface area contributed by atoms with E-state index in [1.54, 1.807) is 4.90 Å². The fraction of sp³-hybridized carbons (Fsp3) is 0.438. The third-order valence-electron chi connectivity index (χ3n) is 4.80. The lowest BCUT2D eigenvalue weighted by Crippen LogP contribution is -2.44. The van der Waals surface area contributed by atoms with E-state index in [-0.39, 0.29) is 18.4 Å². The Morgan fingerprint density at radius 2 is 2.17 bits per heavy atom. The van der Waals surface area contributed by atoms with Gasteiger partial charge in [0.25, 0.3) is 5.89 Å². The average Bonchev–Trinajstić information content (AvgIpc) is 3.14. The Balaban J connectivity index is 0.00000169. The molecule has 7 nitrogen and oxygen atoms in total. The van der Waals surface area contributed by atoms with Gasteiger partial charge in [0.2, 0.25) is 0 Å². The highest BCUT2D eigenvalue weighted by molar-refractivity contribution is 5.95. The van der Waals surface area contributed by atoms with Crippen LogP contribution in [0.15, 0.2) is 22.7 Å². The average molecular weight is 350 g/mol. The van der Waals surface area contributed by atoms with Crippen LogP contribution in [0.25, 0.3) is 11.5 Å². The van der Waals surface area contributed by atoms with Crippen molar-refractivity contribution in [1.29, 1.82) is 0 Å². The number of nitrogens with one attached hydrogen (secondary N) is 1. The van der Waals surface area contributed by atoms with E-state index in [1.807, 2.05) is 25.1 Å². The van der Waals surface area contributed by atoms with Gasteiger partial charge in [0.15, 0.2) is 5.82 Å². The minimum Gasteiger partial charge on any atom is -0.336 e. The molecule has 2 fully saturated rings. The standard InChI is InChI=1S/C16H19N5O2.ClH/c1-10-11(4-2-5-12(10)21-9-8-18-15(21)22)13-19-14(20-23-13)16(17)6-3-7-16;/h2,4-5H,3,6-9,17H2,1H3,(H,18,22);1H. The summed E-state index contributed by atoms with van der Waals surface area (Å²) in [6.45, 7) is 3.27. The topological polar surface area (TPSA) is 97.3 Å². The molecule has 0 atom stereocenters. The number of nitrogens with two attached hydrogens (primary N) is 1. The summed E-state index contributed by atoms with van der Waals surface area (Å²) in [5, 5.41) is 6.88. The van der Waals surface area contributed by atoms with Crippen LogP contribution in [0, 0.1) is 6.92 Å². The molecule has 1 aromatic heterocycles. The van der Waals surface area contributed by atoms with Crippen molar-refractivity contribution in [2.24, 2.45) is 5.73 Å². The molecule has 2 heterocycles. The fourth-order valence-corrected chi connectivity index (χ4v) is 3.17. The molecule has 4 rings (SSSR count). The van der Waals surface area contributed by atoms with Crippen molar-refractivity contribution in [3.63, 3.8) is 0 Å². The summed E-state index contributed by atoms with van der Waals surface area (Å²) in [7, 11) is 0. The quantitative estimate of drug-likeness (QED) is 0.886. The number of carbonyl (C=O) groups excluding carboxylic acids is 1. The number of carbonyl (C=O) groups is 1. The lowest BCUT2D eigenvalue weighted by Gasteiger charge is -2.34. The first kappa shape index (κ1) is 16.7. The van der Waals surface area contributed by atoms with Crippen LogP contribution in [0.3, 0.4) is 0 Å². The smallest absolute Gasteiger partial charge is 0.322 e. The summed E-state index contributed by atoms with van der Waals surface area (Å²) in [6.07, 6.45) is 2.87. The van der Waals surface area contributed by atoms with Crippen molar-refractivity contribution in [3.05, 3.63) is 29.6 Å². The second-order valence-electron chi connectivity index (χ2n) is 6.27. The highest BCUT2D eigenvalue weighted by Crippen LogP contribution is 2.38. The molecule has 1 aromatic carbocycles. The number of benzene rings is 1. The van der Waals surface area contributed by atoms with Crippen molar-refractivity contribution in [2.45, 2.75) is 31.7 Å². The fourth-order valence-electron chi connectivity index (χ4n) is 3.17. The van der Waals surface area contributed by atoms with Crippen molar-refractivity contribution in [1.82, 2.24) is 15.5 Å². The Hall–Kier alpha value is -2.12. The lowest BCUT2D eigenvalue weighted by molar-refractivity contribution is 0.229. The van der Waals surface area contributed by atoms with Gasteiger partial charge >= 0.3 is 6.03 Å². The Morgan fingerprint density at radius 3 is 2.79 bits per heavy atom. The highest BCUT2D eigenvalue weighted by Gasteiger charge is 2.39. The van der Waals surface area contributed by atoms with E-state index >= 15 is 0 Å². The maximum Gasteiger partial charge on any atom is 0.322 e. The Morgan fingerprint density at radius 1 is 1.38 bits per heavy atom. The van der Waals surface area contributed by atoms with Crippen LogP contribution in [-0.2, 0) is 5.54 Å². The lowest BCUT2D eigenvalue weighted by atomic mass is 9.77. The van der Waals surface area contributed by atoms with Crippen LogP contribution in [0.1, 0.15) is 30.7 Å². The number of anilines is 1. The van der Waals surface area contributed by atoms with E-state index in [1.165, 1.54) is 0 Å². The van der Waals surface area contributed by atoms with E-state index in [4.69, 9.17) is 10.3 Å². The zero-order chi connectivity index (χ0) is 16.0. The largest absolute Gasteiger partial charge is 0.336 e. The van der Waals surface area contributed by atoms with Crippen molar-refractivity contribution in [3.8, 4) is 11.5 Å². The molecule has 0 radical (unpaired) electrons. The zero-order valence-electron chi connectivity index (χ0n) is 13.4. The van der Waals surface area contributed by atoms with Crippen molar-refractivity contribution < 1.29 is 9.32 Å². The van der Waals surface area contributed by atoms with E-state index in [9.17, 15) is 4.79 Å². The predicted molar refractivity (Wildman–Crippen MR) is 92.2 cm³/mol. The molecule has 3 N–H and O–H groups in total. The van der Waals surface area contributed by atoms with Gasteiger partial charge in [-0.2, -0.15) is 4.98 Å². The van der Waals surface area contributed by atoms with Crippen LogP contribution in [0.5, 0.6) is 0 Å². The van der Waals surface area contributed by atoms with Gasteiger partial charge in [-0.05, 0) is 43.9 Å². The number of urea groups is 1. The molecule has 0 unspecified atom stereocenters. The van der Waals surface area contributed by atoms with Gasteiger partial charge in [-0.25, -0.2) is 4.79 Å². The monoisotopic (exact) mass is 349 g/mol. The minimum atomic E-state index is -0.442. The molecule has 24 heavy (non-hydrogen) atoms. The summed E-state index contributed by atoms with van der Waals surface area (Å²) < 4.78 is 5.44. The van der Waals surface area contributed by atoms with Crippen LogP contribution >= 0.6 is 12.4 Å². The third-order valence-corrected chi connectivity index (χ3v) is 4.80. The van der Waals surface area contributed by atoms with Gasteiger partial charge in [-0.3, -0.25) is 4.90 Å². The molecule has 1 saturated heterocycles. The van der Waals surface area contributed by atoms with Gasteiger partial charge in [-0.15, -0.1) is 12.4 Å². The van der Waals surface area contributed by atoms with Crippen LogP contribution in [0.2, 0.25) is 0 Å². The van der Waals surface area contributed by atoms with Gasteiger partial charge in [-0.1, -0.05) is 11.2 Å². The molecule has 1 saturated carbocycles. The molecule has 1 aliphatic heterocycles. The first-order chi connectivity index (χ1) is 11.1. The Labute approximate surface area is 146 Å². The molecule has 0 bridgehead atoms. The van der Waals surface area contributed by atoms with E-state index < -0.39 is 5.54 Å². The SMILES string of the molecule is Cc1c(-c2nc(C3(N)CCC3)no2)cccc1N1CCNC1=O.Cl. The second-order valence-corrected chi connectivity index (χ2v) is 6.27. The molecule has 1 aliphatic carbocycles. The minimum absolute atomic E-state index is 0.